The Balaban J connectivity index is 2.62. The summed E-state index contributed by atoms with van der Waals surface area (Å²) in [7, 11) is 0. The third kappa shape index (κ3) is 1.97. The van der Waals surface area contributed by atoms with E-state index in [-0.39, 0.29) is 5.56 Å². The Morgan fingerprint density at radius 2 is 2.20 bits per heavy atom. The van der Waals surface area contributed by atoms with E-state index in [1.807, 2.05) is 0 Å². The summed E-state index contributed by atoms with van der Waals surface area (Å²) in [6.07, 6.45) is 1.66. The normalized spacial score (nSPS) is 10.5. The molecule has 4 nitrogen and oxygen atoms in total. The molecule has 0 radical (unpaired) electrons. The van der Waals surface area contributed by atoms with E-state index in [2.05, 4.69) is 25.9 Å². The maximum Gasteiger partial charge on any atom is 0.335 e. The van der Waals surface area contributed by atoms with Crippen molar-refractivity contribution in [1.82, 2.24) is 9.97 Å². The van der Waals surface area contributed by atoms with Gasteiger partial charge in [-0.15, -0.1) is 0 Å². The van der Waals surface area contributed by atoms with E-state index in [1.54, 1.807) is 12.3 Å². The van der Waals surface area contributed by atoms with Crippen molar-refractivity contribution < 1.29 is 9.90 Å². The zero-order chi connectivity index (χ0) is 10.8. The number of halogens is 1. The summed E-state index contributed by atoms with van der Waals surface area (Å²) in [5.41, 5.74) is 2.31. The lowest BCUT2D eigenvalue weighted by atomic mass is 10.2. The fraction of sp³-hybridized carbons (Fsp3) is 0.100. The largest absolute Gasteiger partial charge is 0.478 e. The predicted molar refractivity (Wildman–Crippen MR) is 59.1 cm³/mol. The zero-order valence-electron chi connectivity index (χ0n) is 7.64. The van der Waals surface area contributed by atoms with E-state index < -0.39 is 5.97 Å². The van der Waals surface area contributed by atoms with Crippen molar-refractivity contribution in [2.45, 2.75) is 5.33 Å². The molecule has 0 saturated carbocycles. The van der Waals surface area contributed by atoms with Crippen LogP contribution in [0.25, 0.3) is 11.0 Å². The fourth-order valence-corrected chi connectivity index (χ4v) is 1.52. The van der Waals surface area contributed by atoms with Gasteiger partial charge in [0.1, 0.15) is 0 Å². The van der Waals surface area contributed by atoms with Gasteiger partial charge in [0.05, 0.1) is 22.3 Å². The number of hydrogen-bond donors (Lipinski definition) is 1. The first-order valence-corrected chi connectivity index (χ1v) is 5.38. The summed E-state index contributed by atoms with van der Waals surface area (Å²) in [5.74, 6) is -0.956. The number of nitrogens with zero attached hydrogens (tertiary/aromatic N) is 2. The molecule has 0 amide bonds. The van der Waals surface area contributed by atoms with E-state index in [4.69, 9.17) is 5.11 Å². The maximum absolute atomic E-state index is 10.7. The molecule has 0 saturated heterocycles. The summed E-state index contributed by atoms with van der Waals surface area (Å²) < 4.78 is 0. The Bertz CT molecular complexity index is 528. The smallest absolute Gasteiger partial charge is 0.335 e. The van der Waals surface area contributed by atoms with E-state index in [1.165, 1.54) is 12.1 Å². The molecule has 1 aromatic carbocycles. The Morgan fingerprint density at radius 1 is 1.40 bits per heavy atom. The van der Waals surface area contributed by atoms with Crippen LogP contribution in [-0.4, -0.2) is 21.0 Å². The third-order valence-corrected chi connectivity index (χ3v) is 2.55. The molecule has 2 rings (SSSR count). The number of rotatable bonds is 2. The molecular weight excluding hydrogens is 260 g/mol. The second-order valence-electron chi connectivity index (χ2n) is 3.00. The molecule has 0 atom stereocenters. The molecule has 5 heteroatoms. The van der Waals surface area contributed by atoms with Gasteiger partial charge in [-0.25, -0.2) is 9.78 Å². The summed E-state index contributed by atoms with van der Waals surface area (Å²) in [5, 5.41) is 9.42. The minimum Gasteiger partial charge on any atom is -0.478 e. The number of fused-ring (bicyclic) bond motifs is 1. The SMILES string of the molecule is O=C(O)c1ccc2ncc(CBr)nc2c1. The van der Waals surface area contributed by atoms with Crippen molar-refractivity contribution in [3.63, 3.8) is 0 Å². The van der Waals surface area contributed by atoms with Crippen molar-refractivity contribution >= 4 is 32.9 Å². The molecule has 76 valence electrons. The molecule has 0 spiro atoms. The van der Waals surface area contributed by atoms with Gasteiger partial charge in [0.2, 0.25) is 0 Å². The third-order valence-electron chi connectivity index (χ3n) is 1.98. The van der Waals surface area contributed by atoms with Gasteiger partial charge < -0.3 is 5.11 Å². The molecule has 2 aromatic rings. The first-order chi connectivity index (χ1) is 7.20. The summed E-state index contributed by atoms with van der Waals surface area (Å²) >= 11 is 3.27. The lowest BCUT2D eigenvalue weighted by molar-refractivity contribution is 0.0697. The zero-order valence-corrected chi connectivity index (χ0v) is 9.23. The van der Waals surface area contributed by atoms with Crippen LogP contribution in [0.15, 0.2) is 24.4 Å². The van der Waals surface area contributed by atoms with Crippen LogP contribution in [0, 0.1) is 0 Å². The number of hydrogen-bond acceptors (Lipinski definition) is 3. The van der Waals surface area contributed by atoms with Crippen LogP contribution in [0.5, 0.6) is 0 Å². The van der Waals surface area contributed by atoms with Crippen molar-refractivity contribution in [3.05, 3.63) is 35.7 Å². The molecular formula is C10H7BrN2O2. The minimum atomic E-state index is -0.956. The van der Waals surface area contributed by atoms with Crippen LogP contribution in [-0.2, 0) is 5.33 Å². The second-order valence-corrected chi connectivity index (χ2v) is 3.56. The summed E-state index contributed by atoms with van der Waals surface area (Å²) in [4.78, 5) is 19.2. The first-order valence-electron chi connectivity index (χ1n) is 4.25. The van der Waals surface area contributed by atoms with Crippen LogP contribution in [0.4, 0.5) is 0 Å². The number of carbonyl (C=O) groups is 1. The molecule has 0 fully saturated rings. The van der Waals surface area contributed by atoms with Crippen molar-refractivity contribution in [3.8, 4) is 0 Å². The quantitative estimate of drug-likeness (QED) is 0.847. The fourth-order valence-electron chi connectivity index (χ4n) is 1.25. The number of carboxylic acid groups (broad SMARTS) is 1. The molecule has 0 unspecified atom stereocenters. The predicted octanol–water partition coefficient (Wildman–Crippen LogP) is 2.22. The number of benzene rings is 1. The molecule has 0 aliphatic heterocycles. The van der Waals surface area contributed by atoms with Crippen LogP contribution >= 0.6 is 15.9 Å². The van der Waals surface area contributed by atoms with Gasteiger partial charge >= 0.3 is 5.97 Å². The summed E-state index contributed by atoms with van der Waals surface area (Å²) in [6, 6.07) is 4.70. The van der Waals surface area contributed by atoms with Crippen LogP contribution in [0.3, 0.4) is 0 Å². The molecule has 1 N–H and O–H groups in total. The molecule has 15 heavy (non-hydrogen) atoms. The van der Waals surface area contributed by atoms with E-state index in [0.717, 1.165) is 5.69 Å². The highest BCUT2D eigenvalue weighted by atomic mass is 79.9. The van der Waals surface area contributed by atoms with Gasteiger partial charge in [-0.05, 0) is 18.2 Å². The van der Waals surface area contributed by atoms with Crippen LogP contribution in [0.2, 0.25) is 0 Å². The number of carboxylic acids is 1. The molecule has 1 heterocycles. The Kier molecular flexibility index (Phi) is 2.64. The molecule has 0 aliphatic carbocycles. The topological polar surface area (TPSA) is 63.1 Å². The number of alkyl halides is 1. The molecule has 0 aliphatic rings. The van der Waals surface area contributed by atoms with Gasteiger partial charge in [0.15, 0.2) is 0 Å². The second kappa shape index (κ2) is 3.94. The monoisotopic (exact) mass is 266 g/mol. The van der Waals surface area contributed by atoms with E-state index in [0.29, 0.717) is 16.4 Å². The highest BCUT2D eigenvalue weighted by molar-refractivity contribution is 9.08. The van der Waals surface area contributed by atoms with Gasteiger partial charge in [-0.1, -0.05) is 15.9 Å². The Hall–Kier alpha value is -1.49. The summed E-state index contributed by atoms with van der Waals surface area (Å²) in [6.45, 7) is 0. The lowest BCUT2D eigenvalue weighted by Gasteiger charge is -2.00. The van der Waals surface area contributed by atoms with Crippen molar-refractivity contribution in [2.24, 2.45) is 0 Å². The minimum absolute atomic E-state index is 0.225. The van der Waals surface area contributed by atoms with Crippen molar-refractivity contribution in [1.29, 1.82) is 0 Å². The first kappa shape index (κ1) is 10.0. The molecule has 1 aromatic heterocycles. The van der Waals surface area contributed by atoms with Gasteiger partial charge in [0, 0.05) is 11.5 Å². The number of aromatic carboxylic acids is 1. The average molecular weight is 267 g/mol. The lowest BCUT2D eigenvalue weighted by Crippen LogP contribution is -1.97. The Morgan fingerprint density at radius 3 is 2.87 bits per heavy atom. The van der Waals surface area contributed by atoms with Gasteiger partial charge in [-0.3, -0.25) is 4.98 Å². The number of aromatic nitrogens is 2. The highest BCUT2D eigenvalue weighted by Gasteiger charge is 2.05. The van der Waals surface area contributed by atoms with Crippen LogP contribution in [0.1, 0.15) is 16.1 Å². The van der Waals surface area contributed by atoms with E-state index in [9.17, 15) is 4.79 Å². The highest BCUT2D eigenvalue weighted by Crippen LogP contribution is 2.13. The van der Waals surface area contributed by atoms with Crippen LogP contribution < -0.4 is 0 Å². The standard InChI is InChI=1S/C10H7BrN2O2/c11-4-7-5-12-8-2-1-6(10(14)15)3-9(8)13-7/h1-3,5H,4H2,(H,14,15). The molecule has 0 bridgehead atoms. The maximum atomic E-state index is 10.7. The Labute approximate surface area is 94.1 Å². The average Bonchev–Trinajstić information content (AvgIpc) is 2.27. The van der Waals surface area contributed by atoms with Crippen molar-refractivity contribution in [2.75, 3.05) is 0 Å². The van der Waals surface area contributed by atoms with E-state index >= 15 is 0 Å². The van der Waals surface area contributed by atoms with Gasteiger partial charge in [-0.2, -0.15) is 0 Å². The van der Waals surface area contributed by atoms with Gasteiger partial charge in [0.25, 0.3) is 0 Å².